The lowest BCUT2D eigenvalue weighted by Gasteiger charge is -2.15. The van der Waals surface area contributed by atoms with Crippen LogP contribution in [-0.4, -0.2) is 16.7 Å². The molecule has 0 amide bonds. The molecule has 5 heteroatoms. The fourth-order valence-electron chi connectivity index (χ4n) is 1.41. The predicted molar refractivity (Wildman–Crippen MR) is 73.8 cm³/mol. The summed E-state index contributed by atoms with van der Waals surface area (Å²) in [6, 6.07) is 8.03. The molecule has 18 heavy (non-hydrogen) atoms. The number of aromatic nitrogens is 2. The van der Waals surface area contributed by atoms with Gasteiger partial charge in [0.05, 0.1) is 5.41 Å². The van der Waals surface area contributed by atoms with Crippen LogP contribution in [0.5, 0.6) is 0 Å². The fraction of sp³-hybridized carbons (Fsp3) is 0.385. The first-order valence-corrected chi connectivity index (χ1v) is 5.64. The van der Waals surface area contributed by atoms with Crippen molar-refractivity contribution in [3.63, 3.8) is 0 Å². The van der Waals surface area contributed by atoms with Gasteiger partial charge in [-0.2, -0.15) is 4.98 Å². The minimum absolute atomic E-state index is 0. The average molecular weight is 268 g/mol. The third kappa shape index (κ3) is 2.89. The zero-order valence-corrected chi connectivity index (χ0v) is 11.6. The van der Waals surface area contributed by atoms with E-state index >= 15 is 0 Å². The van der Waals surface area contributed by atoms with Gasteiger partial charge in [0.1, 0.15) is 0 Å². The first-order valence-electron chi connectivity index (χ1n) is 5.64. The zero-order chi connectivity index (χ0) is 12.5. The van der Waals surface area contributed by atoms with Crippen LogP contribution in [0, 0.1) is 6.92 Å². The maximum Gasteiger partial charge on any atom is 0.233 e. The van der Waals surface area contributed by atoms with Crippen LogP contribution in [0.2, 0.25) is 0 Å². The highest BCUT2D eigenvalue weighted by molar-refractivity contribution is 5.85. The van der Waals surface area contributed by atoms with Gasteiger partial charge in [0.2, 0.25) is 11.7 Å². The van der Waals surface area contributed by atoms with Gasteiger partial charge in [-0.1, -0.05) is 35.0 Å². The van der Waals surface area contributed by atoms with Crippen molar-refractivity contribution >= 4 is 12.4 Å². The van der Waals surface area contributed by atoms with E-state index < -0.39 is 0 Å². The Morgan fingerprint density at radius 1 is 1.22 bits per heavy atom. The molecule has 2 N–H and O–H groups in total. The van der Waals surface area contributed by atoms with Gasteiger partial charge in [0.25, 0.3) is 0 Å². The van der Waals surface area contributed by atoms with Crippen molar-refractivity contribution < 1.29 is 4.52 Å². The number of nitrogens with two attached hydrogens (primary N) is 1. The molecular formula is C13H18ClN3O. The number of hydrogen-bond donors (Lipinski definition) is 1. The van der Waals surface area contributed by atoms with E-state index in [-0.39, 0.29) is 17.8 Å². The molecule has 0 spiro atoms. The molecule has 0 unspecified atom stereocenters. The molecule has 98 valence electrons. The molecule has 0 atom stereocenters. The van der Waals surface area contributed by atoms with E-state index in [0.717, 1.165) is 5.56 Å². The summed E-state index contributed by atoms with van der Waals surface area (Å²) < 4.78 is 5.26. The molecule has 0 radical (unpaired) electrons. The summed E-state index contributed by atoms with van der Waals surface area (Å²) in [6.45, 7) is 6.49. The third-order valence-electron chi connectivity index (χ3n) is 2.83. The van der Waals surface area contributed by atoms with E-state index in [9.17, 15) is 0 Å². The predicted octanol–water partition coefficient (Wildman–Crippen LogP) is 2.70. The lowest BCUT2D eigenvalue weighted by Crippen LogP contribution is -2.28. The summed E-state index contributed by atoms with van der Waals surface area (Å²) >= 11 is 0. The summed E-state index contributed by atoms with van der Waals surface area (Å²) in [6.07, 6.45) is 0. The Labute approximate surface area is 113 Å². The molecule has 0 saturated heterocycles. The van der Waals surface area contributed by atoms with E-state index in [0.29, 0.717) is 18.3 Å². The molecule has 1 aromatic carbocycles. The van der Waals surface area contributed by atoms with Gasteiger partial charge in [-0.05, 0) is 20.8 Å². The normalized spacial score (nSPS) is 11.1. The minimum Gasteiger partial charge on any atom is -0.338 e. The SMILES string of the molecule is Cc1ccc(-c2noc(C(C)(C)CN)n2)cc1.Cl. The van der Waals surface area contributed by atoms with Gasteiger partial charge in [-0.25, -0.2) is 0 Å². The maximum atomic E-state index is 5.68. The highest BCUT2D eigenvalue weighted by Gasteiger charge is 2.26. The molecule has 2 rings (SSSR count). The Hall–Kier alpha value is -1.39. The van der Waals surface area contributed by atoms with Crippen LogP contribution in [0.4, 0.5) is 0 Å². The fourth-order valence-corrected chi connectivity index (χ4v) is 1.41. The van der Waals surface area contributed by atoms with Crippen molar-refractivity contribution in [3.8, 4) is 11.4 Å². The molecule has 0 aliphatic rings. The second-order valence-corrected chi connectivity index (χ2v) is 4.88. The number of hydrogen-bond acceptors (Lipinski definition) is 4. The molecule has 0 aliphatic carbocycles. The largest absolute Gasteiger partial charge is 0.338 e. The highest BCUT2D eigenvalue weighted by Crippen LogP contribution is 2.23. The van der Waals surface area contributed by atoms with Crippen LogP contribution in [0.1, 0.15) is 25.3 Å². The third-order valence-corrected chi connectivity index (χ3v) is 2.83. The molecule has 0 fully saturated rings. The van der Waals surface area contributed by atoms with Crippen molar-refractivity contribution in [3.05, 3.63) is 35.7 Å². The Bertz CT molecular complexity index is 505. The van der Waals surface area contributed by atoms with Crippen LogP contribution < -0.4 is 5.73 Å². The summed E-state index contributed by atoms with van der Waals surface area (Å²) in [5, 5.41) is 3.99. The van der Waals surface area contributed by atoms with E-state index in [1.807, 2.05) is 45.0 Å². The van der Waals surface area contributed by atoms with Gasteiger partial charge in [0, 0.05) is 12.1 Å². The molecular weight excluding hydrogens is 250 g/mol. The van der Waals surface area contributed by atoms with Crippen molar-refractivity contribution in [2.24, 2.45) is 5.73 Å². The van der Waals surface area contributed by atoms with E-state index in [1.54, 1.807) is 0 Å². The van der Waals surface area contributed by atoms with E-state index in [4.69, 9.17) is 10.3 Å². The lowest BCUT2D eigenvalue weighted by atomic mass is 9.94. The number of nitrogens with zero attached hydrogens (tertiary/aromatic N) is 2. The van der Waals surface area contributed by atoms with Crippen LogP contribution in [0.3, 0.4) is 0 Å². The smallest absolute Gasteiger partial charge is 0.233 e. The second-order valence-electron chi connectivity index (χ2n) is 4.88. The van der Waals surface area contributed by atoms with Crippen LogP contribution >= 0.6 is 12.4 Å². The molecule has 4 nitrogen and oxygen atoms in total. The summed E-state index contributed by atoms with van der Waals surface area (Å²) in [7, 11) is 0. The Balaban J connectivity index is 0.00000162. The van der Waals surface area contributed by atoms with Crippen LogP contribution in [0.15, 0.2) is 28.8 Å². The number of rotatable bonds is 3. The topological polar surface area (TPSA) is 64.9 Å². The standard InChI is InChI=1S/C13H17N3O.ClH/c1-9-4-6-10(7-5-9)11-15-12(17-16-11)13(2,3)8-14;/h4-7H,8,14H2,1-3H3;1H. The summed E-state index contributed by atoms with van der Waals surface area (Å²) in [5.74, 6) is 1.19. The maximum absolute atomic E-state index is 5.68. The van der Waals surface area contributed by atoms with E-state index in [2.05, 4.69) is 10.1 Å². The highest BCUT2D eigenvalue weighted by atomic mass is 35.5. The first kappa shape index (κ1) is 14.7. The van der Waals surface area contributed by atoms with Crippen LogP contribution in [0.25, 0.3) is 11.4 Å². The molecule has 1 aromatic heterocycles. The lowest BCUT2D eigenvalue weighted by molar-refractivity contribution is 0.311. The Morgan fingerprint density at radius 2 is 1.83 bits per heavy atom. The zero-order valence-electron chi connectivity index (χ0n) is 10.8. The molecule has 0 bridgehead atoms. The molecule has 0 saturated carbocycles. The average Bonchev–Trinajstić information content (AvgIpc) is 2.80. The molecule has 1 heterocycles. The van der Waals surface area contributed by atoms with Crippen molar-refractivity contribution in [2.75, 3.05) is 6.54 Å². The quantitative estimate of drug-likeness (QED) is 0.929. The van der Waals surface area contributed by atoms with Crippen LogP contribution in [-0.2, 0) is 5.41 Å². The number of halogens is 1. The monoisotopic (exact) mass is 267 g/mol. The second kappa shape index (κ2) is 5.50. The minimum atomic E-state index is -0.282. The Morgan fingerprint density at radius 3 is 2.39 bits per heavy atom. The van der Waals surface area contributed by atoms with Crippen molar-refractivity contribution in [1.29, 1.82) is 0 Å². The molecule has 0 aliphatic heterocycles. The van der Waals surface area contributed by atoms with Gasteiger partial charge in [0.15, 0.2) is 0 Å². The summed E-state index contributed by atoms with van der Waals surface area (Å²) in [5.41, 5.74) is 7.56. The van der Waals surface area contributed by atoms with Gasteiger partial charge in [-0.15, -0.1) is 12.4 Å². The van der Waals surface area contributed by atoms with E-state index in [1.165, 1.54) is 5.56 Å². The van der Waals surface area contributed by atoms with Crippen molar-refractivity contribution in [1.82, 2.24) is 10.1 Å². The molecule has 2 aromatic rings. The number of aryl methyl sites for hydroxylation is 1. The van der Waals surface area contributed by atoms with Crippen molar-refractivity contribution in [2.45, 2.75) is 26.2 Å². The first-order chi connectivity index (χ1) is 8.03. The van der Waals surface area contributed by atoms with Gasteiger partial charge < -0.3 is 10.3 Å². The van der Waals surface area contributed by atoms with Gasteiger partial charge in [-0.3, -0.25) is 0 Å². The van der Waals surface area contributed by atoms with Gasteiger partial charge >= 0.3 is 0 Å². The Kier molecular flexibility index (Phi) is 4.48. The number of benzene rings is 1. The summed E-state index contributed by atoms with van der Waals surface area (Å²) in [4.78, 5) is 4.39.